The Hall–Kier alpha value is -2.69. The second kappa shape index (κ2) is 6.67. The van der Waals surface area contributed by atoms with Crippen molar-refractivity contribution in [3.05, 3.63) is 58.4 Å². The first-order chi connectivity index (χ1) is 11.9. The van der Waals surface area contributed by atoms with Gasteiger partial charge in [0.05, 0.1) is 5.56 Å². The Morgan fingerprint density at radius 2 is 2.04 bits per heavy atom. The Labute approximate surface area is 146 Å². The third-order valence-electron chi connectivity index (χ3n) is 4.43. The highest BCUT2D eigenvalue weighted by Crippen LogP contribution is 2.39. The number of ketones is 1. The fraction of sp³-hybridized carbons (Fsp3) is 0.300. The Bertz CT molecular complexity index is 860. The molecule has 2 aromatic rings. The average molecular weight is 341 g/mol. The number of carbonyl (C=O) groups is 2. The quantitative estimate of drug-likeness (QED) is 0.909. The van der Waals surface area contributed by atoms with Gasteiger partial charge in [-0.2, -0.15) is 0 Å². The smallest absolute Gasteiger partial charge is 0.262 e. The number of hydrogen-bond donors (Lipinski definition) is 1. The molecule has 5 heteroatoms. The number of halogens is 1. The summed E-state index contributed by atoms with van der Waals surface area (Å²) in [6, 6.07) is 8.42. The molecule has 2 aromatic carbocycles. The lowest BCUT2D eigenvalue weighted by atomic mass is 10.0. The zero-order valence-corrected chi connectivity index (χ0v) is 14.5. The molecule has 130 valence electrons. The van der Waals surface area contributed by atoms with E-state index in [0.29, 0.717) is 11.3 Å². The molecule has 3 rings (SSSR count). The standard InChI is InChI=1S/C20H20FNO3/c1-11-4-6-15(12(2)8-11)22-18(24)10-25-17-7-5-14(21)19-13(3)9-16(23)20(17)19/h4-8,13H,9-10H2,1-3H3,(H,22,24)/t13-/m0/s1. The van der Waals surface area contributed by atoms with Crippen LogP contribution in [0.5, 0.6) is 5.75 Å². The minimum absolute atomic E-state index is 0.146. The van der Waals surface area contributed by atoms with E-state index in [1.807, 2.05) is 39.0 Å². The maximum Gasteiger partial charge on any atom is 0.262 e. The Balaban J connectivity index is 1.72. The molecule has 0 saturated heterocycles. The molecule has 0 radical (unpaired) electrons. The van der Waals surface area contributed by atoms with Gasteiger partial charge in [0.15, 0.2) is 12.4 Å². The van der Waals surface area contributed by atoms with Crippen LogP contribution in [0.1, 0.15) is 46.3 Å². The van der Waals surface area contributed by atoms with Crippen LogP contribution in [-0.4, -0.2) is 18.3 Å². The normalized spacial score (nSPS) is 15.8. The van der Waals surface area contributed by atoms with Crippen molar-refractivity contribution in [1.82, 2.24) is 0 Å². The number of fused-ring (bicyclic) bond motifs is 1. The van der Waals surface area contributed by atoms with Crippen LogP contribution in [0.3, 0.4) is 0 Å². The molecular weight excluding hydrogens is 321 g/mol. The molecule has 0 heterocycles. The van der Waals surface area contributed by atoms with Crippen LogP contribution in [0.4, 0.5) is 10.1 Å². The topological polar surface area (TPSA) is 55.4 Å². The summed E-state index contributed by atoms with van der Waals surface area (Å²) in [6.07, 6.45) is 0.265. The number of hydrogen-bond acceptors (Lipinski definition) is 3. The van der Waals surface area contributed by atoms with E-state index >= 15 is 0 Å². The molecule has 1 N–H and O–H groups in total. The molecule has 4 nitrogen and oxygen atoms in total. The van der Waals surface area contributed by atoms with Crippen molar-refractivity contribution >= 4 is 17.4 Å². The van der Waals surface area contributed by atoms with Gasteiger partial charge in [0.1, 0.15) is 11.6 Å². The van der Waals surface area contributed by atoms with Gasteiger partial charge in [0, 0.05) is 17.7 Å². The van der Waals surface area contributed by atoms with Crippen molar-refractivity contribution in [3.63, 3.8) is 0 Å². The fourth-order valence-corrected chi connectivity index (χ4v) is 3.23. The fourth-order valence-electron chi connectivity index (χ4n) is 3.23. The zero-order valence-electron chi connectivity index (χ0n) is 14.5. The van der Waals surface area contributed by atoms with E-state index in [-0.39, 0.29) is 41.9 Å². The maximum atomic E-state index is 14.0. The second-order valence-electron chi connectivity index (χ2n) is 6.52. The van der Waals surface area contributed by atoms with E-state index in [4.69, 9.17) is 4.74 Å². The number of amides is 1. The Morgan fingerprint density at radius 1 is 1.28 bits per heavy atom. The molecule has 1 aliphatic carbocycles. The summed E-state index contributed by atoms with van der Waals surface area (Å²) in [4.78, 5) is 24.3. The van der Waals surface area contributed by atoms with E-state index in [0.717, 1.165) is 11.1 Å². The lowest BCUT2D eigenvalue weighted by molar-refractivity contribution is -0.118. The molecule has 0 saturated carbocycles. The summed E-state index contributed by atoms with van der Waals surface area (Å²) in [5.41, 5.74) is 3.44. The number of benzene rings is 2. The van der Waals surface area contributed by atoms with Gasteiger partial charge < -0.3 is 10.1 Å². The van der Waals surface area contributed by atoms with E-state index in [1.54, 1.807) is 0 Å². The maximum absolute atomic E-state index is 14.0. The van der Waals surface area contributed by atoms with Crippen LogP contribution in [0.25, 0.3) is 0 Å². The summed E-state index contributed by atoms with van der Waals surface area (Å²) in [5, 5.41) is 2.78. The van der Waals surface area contributed by atoms with Gasteiger partial charge in [-0.1, -0.05) is 24.6 Å². The van der Waals surface area contributed by atoms with Gasteiger partial charge >= 0.3 is 0 Å². The predicted octanol–water partition coefficient (Wildman–Crippen LogP) is 4.15. The van der Waals surface area contributed by atoms with Gasteiger partial charge in [-0.25, -0.2) is 4.39 Å². The van der Waals surface area contributed by atoms with Crippen molar-refractivity contribution in [2.24, 2.45) is 0 Å². The van der Waals surface area contributed by atoms with Gasteiger partial charge in [0.2, 0.25) is 0 Å². The summed E-state index contributed by atoms with van der Waals surface area (Å²) >= 11 is 0. The molecule has 0 unspecified atom stereocenters. The van der Waals surface area contributed by atoms with Gasteiger partial charge in [-0.05, 0) is 43.5 Å². The van der Waals surface area contributed by atoms with Crippen LogP contribution in [0, 0.1) is 19.7 Å². The highest BCUT2D eigenvalue weighted by Gasteiger charge is 2.32. The first kappa shape index (κ1) is 17.1. The van der Waals surface area contributed by atoms with Crippen molar-refractivity contribution in [1.29, 1.82) is 0 Å². The molecule has 0 aromatic heterocycles. The number of ether oxygens (including phenoxy) is 1. The molecular formula is C20H20FNO3. The number of nitrogens with one attached hydrogen (secondary N) is 1. The largest absolute Gasteiger partial charge is 0.483 e. The SMILES string of the molecule is Cc1ccc(NC(=O)COc2ccc(F)c3c2C(=O)C[C@@H]3C)c(C)c1. The third kappa shape index (κ3) is 3.40. The molecule has 0 aliphatic heterocycles. The molecule has 1 aliphatic rings. The van der Waals surface area contributed by atoms with Crippen LogP contribution in [0.2, 0.25) is 0 Å². The van der Waals surface area contributed by atoms with Crippen molar-refractivity contribution in [3.8, 4) is 5.75 Å². The summed E-state index contributed by atoms with van der Waals surface area (Å²) < 4.78 is 19.5. The first-order valence-corrected chi connectivity index (χ1v) is 8.22. The first-order valence-electron chi connectivity index (χ1n) is 8.22. The molecule has 25 heavy (non-hydrogen) atoms. The number of aryl methyl sites for hydroxylation is 2. The summed E-state index contributed by atoms with van der Waals surface area (Å²) in [7, 11) is 0. The van der Waals surface area contributed by atoms with Crippen molar-refractivity contribution < 1.29 is 18.7 Å². The van der Waals surface area contributed by atoms with E-state index in [2.05, 4.69) is 5.32 Å². The van der Waals surface area contributed by atoms with Crippen LogP contribution < -0.4 is 10.1 Å². The third-order valence-corrected chi connectivity index (χ3v) is 4.43. The monoisotopic (exact) mass is 341 g/mol. The summed E-state index contributed by atoms with van der Waals surface area (Å²) in [5.74, 6) is -0.785. The molecule has 0 bridgehead atoms. The second-order valence-corrected chi connectivity index (χ2v) is 6.52. The molecule has 0 spiro atoms. The van der Waals surface area contributed by atoms with Crippen LogP contribution in [-0.2, 0) is 4.79 Å². The Morgan fingerprint density at radius 3 is 2.76 bits per heavy atom. The number of anilines is 1. The van der Waals surface area contributed by atoms with Crippen molar-refractivity contribution in [2.75, 3.05) is 11.9 Å². The minimum Gasteiger partial charge on any atom is -0.483 e. The van der Waals surface area contributed by atoms with Gasteiger partial charge in [-0.3, -0.25) is 9.59 Å². The van der Waals surface area contributed by atoms with E-state index in [1.165, 1.54) is 12.1 Å². The van der Waals surface area contributed by atoms with E-state index < -0.39 is 5.82 Å². The predicted molar refractivity (Wildman–Crippen MR) is 93.8 cm³/mol. The zero-order chi connectivity index (χ0) is 18.1. The lowest BCUT2D eigenvalue weighted by Gasteiger charge is -2.13. The lowest BCUT2D eigenvalue weighted by Crippen LogP contribution is -2.21. The minimum atomic E-state index is -0.402. The van der Waals surface area contributed by atoms with Crippen LogP contribution >= 0.6 is 0 Å². The van der Waals surface area contributed by atoms with Crippen LogP contribution in [0.15, 0.2) is 30.3 Å². The van der Waals surface area contributed by atoms with Crippen molar-refractivity contribution in [2.45, 2.75) is 33.1 Å². The van der Waals surface area contributed by atoms with E-state index in [9.17, 15) is 14.0 Å². The van der Waals surface area contributed by atoms with Gasteiger partial charge in [0.25, 0.3) is 5.91 Å². The molecule has 1 amide bonds. The average Bonchev–Trinajstić information content (AvgIpc) is 2.85. The number of carbonyl (C=O) groups excluding carboxylic acids is 2. The molecule has 1 atom stereocenters. The molecule has 0 fully saturated rings. The summed E-state index contributed by atoms with van der Waals surface area (Å²) in [6.45, 7) is 5.46. The number of rotatable bonds is 4. The highest BCUT2D eigenvalue weighted by molar-refractivity contribution is 6.04. The number of Topliss-reactive ketones (excluding diaryl/α,β-unsaturated/α-hetero) is 1. The van der Waals surface area contributed by atoms with Gasteiger partial charge in [-0.15, -0.1) is 0 Å². The highest BCUT2D eigenvalue weighted by atomic mass is 19.1. The Kier molecular flexibility index (Phi) is 4.57.